The van der Waals surface area contributed by atoms with Crippen molar-refractivity contribution >= 4 is 52.3 Å². The minimum Gasteiger partial charge on any atom is -0.339 e. The van der Waals surface area contributed by atoms with Crippen molar-refractivity contribution in [1.82, 2.24) is 15.2 Å². The molecule has 1 saturated carbocycles. The number of aromatic nitrogens is 1. The number of halogens is 2. The molecule has 1 aromatic heterocycles. The lowest BCUT2D eigenvalue weighted by atomic mass is 10.0. The molecule has 7 heteroatoms. The number of hydrogen-bond donors (Lipinski definition) is 1. The normalized spacial score (nSPS) is 18.1. The summed E-state index contributed by atoms with van der Waals surface area (Å²) in [5.74, 6) is 1.08. The van der Waals surface area contributed by atoms with E-state index < -0.39 is 0 Å². The number of nitrogens with one attached hydrogen (secondary N) is 1. The molecule has 24 heavy (non-hydrogen) atoms. The van der Waals surface area contributed by atoms with Crippen LogP contribution >= 0.6 is 36.2 Å². The van der Waals surface area contributed by atoms with E-state index in [4.69, 9.17) is 0 Å². The van der Waals surface area contributed by atoms with Gasteiger partial charge in [-0.3, -0.25) is 4.79 Å². The molecule has 1 aliphatic heterocycles. The van der Waals surface area contributed by atoms with Crippen LogP contribution in [0.5, 0.6) is 0 Å². The summed E-state index contributed by atoms with van der Waals surface area (Å²) in [6.07, 6.45) is 4.93. The average molecular weight is 388 g/mol. The zero-order chi connectivity index (χ0) is 14.9. The molecule has 1 aromatic carbocycles. The Morgan fingerprint density at radius 3 is 2.67 bits per heavy atom. The van der Waals surface area contributed by atoms with Crippen molar-refractivity contribution in [3.05, 3.63) is 29.3 Å². The maximum Gasteiger partial charge on any atom is 0.253 e. The van der Waals surface area contributed by atoms with E-state index in [1.807, 2.05) is 28.6 Å². The molecule has 1 saturated heterocycles. The van der Waals surface area contributed by atoms with Gasteiger partial charge in [-0.2, -0.15) is 0 Å². The number of fused-ring (bicyclic) bond motifs is 1. The Morgan fingerprint density at radius 1 is 1.21 bits per heavy atom. The second-order valence-electron chi connectivity index (χ2n) is 6.45. The lowest BCUT2D eigenvalue weighted by molar-refractivity contribution is 0.0705. The highest BCUT2D eigenvalue weighted by Crippen LogP contribution is 2.28. The van der Waals surface area contributed by atoms with Crippen molar-refractivity contribution in [1.29, 1.82) is 0 Å². The molecule has 0 atom stereocenters. The molecule has 0 bridgehead atoms. The highest BCUT2D eigenvalue weighted by atomic mass is 35.5. The molecule has 0 radical (unpaired) electrons. The van der Waals surface area contributed by atoms with Gasteiger partial charge in [-0.1, -0.05) is 0 Å². The summed E-state index contributed by atoms with van der Waals surface area (Å²) < 4.78 is 1.09. The number of benzene rings is 1. The van der Waals surface area contributed by atoms with Gasteiger partial charge < -0.3 is 10.2 Å². The molecule has 0 spiro atoms. The number of hydrogen-bond acceptors (Lipinski definition) is 4. The third-order valence-electron chi connectivity index (χ3n) is 4.75. The van der Waals surface area contributed by atoms with E-state index in [9.17, 15) is 4.79 Å². The molecule has 1 N–H and O–H groups in total. The topological polar surface area (TPSA) is 45.2 Å². The Hall–Kier alpha value is -0.880. The fraction of sp³-hybridized carbons (Fsp3) is 0.529. The smallest absolute Gasteiger partial charge is 0.253 e. The number of carbonyl (C=O) groups is 1. The van der Waals surface area contributed by atoms with E-state index in [1.165, 1.54) is 19.4 Å². The van der Waals surface area contributed by atoms with Gasteiger partial charge in [0, 0.05) is 24.7 Å². The maximum atomic E-state index is 12.6. The highest BCUT2D eigenvalue weighted by molar-refractivity contribution is 7.16. The Kier molecular flexibility index (Phi) is 6.87. The summed E-state index contributed by atoms with van der Waals surface area (Å²) >= 11 is 1.59. The molecule has 2 heterocycles. The first kappa shape index (κ1) is 19.4. The molecule has 0 unspecified atom stereocenters. The van der Waals surface area contributed by atoms with Crippen molar-refractivity contribution in [3.8, 4) is 0 Å². The van der Waals surface area contributed by atoms with Gasteiger partial charge in [0.2, 0.25) is 0 Å². The molecule has 2 aromatic rings. The van der Waals surface area contributed by atoms with Gasteiger partial charge in [0.1, 0.15) is 0 Å². The van der Waals surface area contributed by atoms with Gasteiger partial charge in [0.15, 0.2) is 0 Å². The van der Waals surface area contributed by atoms with Crippen molar-refractivity contribution in [2.45, 2.75) is 31.7 Å². The van der Waals surface area contributed by atoms with Crippen LogP contribution in [0.4, 0.5) is 0 Å². The van der Waals surface area contributed by atoms with Crippen molar-refractivity contribution in [3.63, 3.8) is 0 Å². The monoisotopic (exact) mass is 387 g/mol. The van der Waals surface area contributed by atoms with Crippen molar-refractivity contribution in [2.75, 3.05) is 19.6 Å². The Balaban J connectivity index is 0.00000104. The average Bonchev–Trinajstić information content (AvgIpc) is 3.27. The fourth-order valence-electron chi connectivity index (χ4n) is 3.11. The molecule has 132 valence electrons. The van der Waals surface area contributed by atoms with Gasteiger partial charge in [-0.25, -0.2) is 4.98 Å². The molecule has 1 aliphatic carbocycles. The third kappa shape index (κ3) is 4.39. The third-order valence-corrected chi connectivity index (χ3v) is 5.54. The molecule has 4 nitrogen and oxygen atoms in total. The number of piperidine rings is 1. The number of carbonyl (C=O) groups excluding carboxylic acids is 1. The predicted molar refractivity (Wildman–Crippen MR) is 104 cm³/mol. The number of rotatable bonds is 4. The van der Waals surface area contributed by atoms with Gasteiger partial charge in [-0.05, 0) is 56.3 Å². The highest BCUT2D eigenvalue weighted by Gasteiger charge is 2.26. The standard InChI is InChI=1S/C17H21N3OS.2ClH/c21-17(13-3-4-15-16(9-13)22-11-19-15)20-7-5-14(6-8-20)18-10-12-1-2-12;;/h3-4,9,11-12,14,18H,1-2,5-8,10H2;2*1H. The maximum absolute atomic E-state index is 12.6. The van der Waals surface area contributed by atoms with E-state index >= 15 is 0 Å². The Morgan fingerprint density at radius 2 is 1.96 bits per heavy atom. The van der Waals surface area contributed by atoms with Crippen LogP contribution < -0.4 is 5.32 Å². The number of likely N-dealkylation sites (tertiary alicyclic amines) is 1. The lowest BCUT2D eigenvalue weighted by Gasteiger charge is -2.32. The van der Waals surface area contributed by atoms with Crippen LogP contribution in [0, 0.1) is 5.92 Å². The minimum atomic E-state index is 0. The fourth-order valence-corrected chi connectivity index (χ4v) is 3.83. The van der Waals surface area contributed by atoms with Crippen molar-refractivity contribution < 1.29 is 4.79 Å². The SMILES string of the molecule is Cl.Cl.O=C(c1ccc2ncsc2c1)N1CCC(NCC2CC2)CC1. The molecular weight excluding hydrogens is 365 g/mol. The summed E-state index contributed by atoms with van der Waals surface area (Å²) in [6, 6.07) is 6.42. The molecule has 2 fully saturated rings. The zero-order valence-electron chi connectivity index (χ0n) is 13.4. The number of amides is 1. The van der Waals surface area contributed by atoms with E-state index in [2.05, 4.69) is 10.3 Å². The first-order valence-electron chi connectivity index (χ1n) is 8.15. The van der Waals surface area contributed by atoms with Crippen LogP contribution in [-0.4, -0.2) is 41.5 Å². The van der Waals surface area contributed by atoms with Gasteiger partial charge in [-0.15, -0.1) is 36.2 Å². The second-order valence-corrected chi connectivity index (χ2v) is 7.34. The molecular formula is C17H23Cl2N3OS. The number of nitrogens with zero attached hydrogens (tertiary/aromatic N) is 2. The first-order chi connectivity index (χ1) is 10.8. The predicted octanol–water partition coefficient (Wildman–Crippen LogP) is 3.74. The van der Waals surface area contributed by atoms with Crippen LogP contribution in [0.1, 0.15) is 36.0 Å². The van der Waals surface area contributed by atoms with E-state index in [1.54, 1.807) is 11.3 Å². The zero-order valence-corrected chi connectivity index (χ0v) is 15.9. The van der Waals surface area contributed by atoms with Gasteiger partial charge in [0.25, 0.3) is 5.91 Å². The van der Waals surface area contributed by atoms with E-state index in [0.717, 1.165) is 47.6 Å². The summed E-state index contributed by atoms with van der Waals surface area (Å²) in [7, 11) is 0. The van der Waals surface area contributed by atoms with Crippen LogP contribution in [0.25, 0.3) is 10.2 Å². The van der Waals surface area contributed by atoms with Gasteiger partial charge in [0.05, 0.1) is 15.7 Å². The molecule has 2 aliphatic rings. The van der Waals surface area contributed by atoms with Crippen molar-refractivity contribution in [2.24, 2.45) is 5.92 Å². The van der Waals surface area contributed by atoms with Crippen LogP contribution in [0.2, 0.25) is 0 Å². The number of thiazole rings is 1. The van der Waals surface area contributed by atoms with E-state index in [-0.39, 0.29) is 30.7 Å². The minimum absolute atomic E-state index is 0. The summed E-state index contributed by atoms with van der Waals surface area (Å²) in [5, 5.41) is 3.66. The van der Waals surface area contributed by atoms with Crippen LogP contribution in [0.15, 0.2) is 23.7 Å². The first-order valence-corrected chi connectivity index (χ1v) is 9.03. The molecule has 4 rings (SSSR count). The lowest BCUT2D eigenvalue weighted by Crippen LogP contribution is -2.45. The summed E-state index contributed by atoms with van der Waals surface area (Å²) in [6.45, 7) is 2.89. The van der Waals surface area contributed by atoms with Crippen LogP contribution in [-0.2, 0) is 0 Å². The Labute approximate surface area is 158 Å². The van der Waals surface area contributed by atoms with E-state index in [0.29, 0.717) is 6.04 Å². The largest absolute Gasteiger partial charge is 0.339 e. The quantitative estimate of drug-likeness (QED) is 0.868. The van der Waals surface area contributed by atoms with Crippen LogP contribution in [0.3, 0.4) is 0 Å². The summed E-state index contributed by atoms with van der Waals surface area (Å²) in [4.78, 5) is 18.9. The summed E-state index contributed by atoms with van der Waals surface area (Å²) in [5.41, 5.74) is 3.60. The Bertz CT molecular complexity index is 681. The second kappa shape index (κ2) is 8.48. The molecule has 1 amide bonds. The van der Waals surface area contributed by atoms with Gasteiger partial charge >= 0.3 is 0 Å².